The van der Waals surface area contributed by atoms with Gasteiger partial charge < -0.3 is 5.32 Å². The summed E-state index contributed by atoms with van der Waals surface area (Å²) in [5, 5.41) is 3.25. The molecule has 1 unspecified atom stereocenters. The van der Waals surface area contributed by atoms with Crippen LogP contribution in [0.25, 0.3) is 0 Å². The number of hydrogen-bond donors (Lipinski definition) is 1. The molecule has 1 fully saturated rings. The first-order chi connectivity index (χ1) is 8.27. The highest BCUT2D eigenvalue weighted by molar-refractivity contribution is 6.21. The number of hydrogen-bond acceptors (Lipinski definition) is 3. The van der Waals surface area contributed by atoms with Gasteiger partial charge in [-0.25, -0.2) is 0 Å². The van der Waals surface area contributed by atoms with Crippen LogP contribution in [-0.2, 0) is 0 Å². The molecule has 4 heteroatoms. The Morgan fingerprint density at radius 2 is 1.82 bits per heavy atom. The molecule has 0 spiro atoms. The Kier molecular flexibility index (Phi) is 2.44. The van der Waals surface area contributed by atoms with Crippen LogP contribution in [0.5, 0.6) is 0 Å². The number of imide groups is 1. The minimum atomic E-state index is -0.141. The van der Waals surface area contributed by atoms with Crippen LogP contribution in [0.2, 0.25) is 0 Å². The zero-order valence-corrected chi connectivity index (χ0v) is 9.48. The van der Waals surface area contributed by atoms with Crippen molar-refractivity contribution in [2.75, 3.05) is 19.6 Å². The number of fused-ring (bicyclic) bond motifs is 1. The summed E-state index contributed by atoms with van der Waals surface area (Å²) in [6.07, 6.45) is 1.04. The van der Waals surface area contributed by atoms with Gasteiger partial charge in [-0.05, 0) is 37.6 Å². The molecule has 1 saturated heterocycles. The Bertz CT molecular complexity index is 443. The fraction of sp³-hybridized carbons (Fsp3) is 0.385. The second-order valence-electron chi connectivity index (χ2n) is 4.63. The third-order valence-electron chi connectivity index (χ3n) is 3.48. The molecule has 1 atom stereocenters. The van der Waals surface area contributed by atoms with Gasteiger partial charge in [-0.3, -0.25) is 14.5 Å². The standard InChI is InChI=1S/C13H14N2O2/c16-12-10-3-1-2-4-11(10)13(17)15(12)8-9-5-6-14-7-9/h1-4,9,14H,5-8H2. The lowest BCUT2D eigenvalue weighted by atomic mass is 10.1. The number of carbonyl (C=O) groups excluding carboxylic acids is 2. The van der Waals surface area contributed by atoms with Crippen LogP contribution in [0.15, 0.2) is 24.3 Å². The van der Waals surface area contributed by atoms with E-state index in [1.165, 1.54) is 4.90 Å². The Balaban J connectivity index is 1.84. The quantitative estimate of drug-likeness (QED) is 0.768. The fourth-order valence-electron chi connectivity index (χ4n) is 2.53. The van der Waals surface area contributed by atoms with Crippen molar-refractivity contribution >= 4 is 11.8 Å². The second-order valence-corrected chi connectivity index (χ2v) is 4.63. The van der Waals surface area contributed by atoms with Crippen molar-refractivity contribution < 1.29 is 9.59 Å². The van der Waals surface area contributed by atoms with E-state index in [2.05, 4.69) is 5.32 Å². The highest BCUT2D eigenvalue weighted by Crippen LogP contribution is 2.24. The Labute approximate surface area is 99.6 Å². The third-order valence-corrected chi connectivity index (χ3v) is 3.48. The van der Waals surface area contributed by atoms with E-state index < -0.39 is 0 Å². The minimum Gasteiger partial charge on any atom is -0.316 e. The molecule has 0 saturated carbocycles. The number of nitrogens with zero attached hydrogens (tertiary/aromatic N) is 1. The van der Waals surface area contributed by atoms with E-state index in [4.69, 9.17) is 0 Å². The zero-order valence-electron chi connectivity index (χ0n) is 9.48. The molecule has 2 heterocycles. The van der Waals surface area contributed by atoms with Crippen LogP contribution in [0.1, 0.15) is 27.1 Å². The summed E-state index contributed by atoms with van der Waals surface area (Å²) in [7, 11) is 0. The van der Waals surface area contributed by atoms with Crippen LogP contribution < -0.4 is 5.32 Å². The maximum atomic E-state index is 12.1. The average molecular weight is 230 g/mol. The first-order valence-electron chi connectivity index (χ1n) is 5.93. The number of amides is 2. The van der Waals surface area contributed by atoms with Crippen LogP contribution in [-0.4, -0.2) is 36.3 Å². The number of rotatable bonds is 2. The lowest BCUT2D eigenvalue weighted by Gasteiger charge is -2.17. The van der Waals surface area contributed by atoms with Crippen molar-refractivity contribution in [3.8, 4) is 0 Å². The van der Waals surface area contributed by atoms with E-state index in [0.717, 1.165) is 19.5 Å². The molecule has 1 aromatic rings. The van der Waals surface area contributed by atoms with E-state index in [-0.39, 0.29) is 11.8 Å². The largest absolute Gasteiger partial charge is 0.316 e. The van der Waals surface area contributed by atoms with Crippen molar-refractivity contribution in [2.24, 2.45) is 5.92 Å². The van der Waals surface area contributed by atoms with E-state index in [1.54, 1.807) is 24.3 Å². The Morgan fingerprint density at radius 1 is 1.18 bits per heavy atom. The van der Waals surface area contributed by atoms with Gasteiger partial charge in [0.2, 0.25) is 0 Å². The van der Waals surface area contributed by atoms with Crippen LogP contribution in [0.4, 0.5) is 0 Å². The van der Waals surface area contributed by atoms with E-state index in [9.17, 15) is 9.59 Å². The molecule has 2 aliphatic heterocycles. The van der Waals surface area contributed by atoms with Crippen molar-refractivity contribution in [3.63, 3.8) is 0 Å². The summed E-state index contributed by atoms with van der Waals surface area (Å²) < 4.78 is 0. The molecular formula is C13H14N2O2. The van der Waals surface area contributed by atoms with Gasteiger partial charge in [0.25, 0.3) is 11.8 Å². The molecular weight excluding hydrogens is 216 g/mol. The molecule has 3 rings (SSSR count). The van der Waals surface area contributed by atoms with Gasteiger partial charge in [-0.1, -0.05) is 12.1 Å². The Hall–Kier alpha value is -1.68. The van der Waals surface area contributed by atoms with Crippen LogP contribution >= 0.6 is 0 Å². The van der Waals surface area contributed by atoms with E-state index >= 15 is 0 Å². The molecule has 2 amide bonds. The average Bonchev–Trinajstić information content (AvgIpc) is 2.94. The topological polar surface area (TPSA) is 49.4 Å². The van der Waals surface area contributed by atoms with Crippen molar-refractivity contribution in [1.82, 2.24) is 10.2 Å². The summed E-state index contributed by atoms with van der Waals surface area (Å²) >= 11 is 0. The van der Waals surface area contributed by atoms with Gasteiger partial charge in [-0.15, -0.1) is 0 Å². The predicted molar refractivity (Wildman–Crippen MR) is 62.8 cm³/mol. The maximum absolute atomic E-state index is 12.1. The molecule has 0 aromatic heterocycles. The molecule has 17 heavy (non-hydrogen) atoms. The monoisotopic (exact) mass is 230 g/mol. The normalized spacial score (nSPS) is 23.3. The van der Waals surface area contributed by atoms with Crippen molar-refractivity contribution in [1.29, 1.82) is 0 Å². The van der Waals surface area contributed by atoms with Gasteiger partial charge in [0.15, 0.2) is 0 Å². The predicted octanol–water partition coefficient (Wildman–Crippen LogP) is 0.892. The summed E-state index contributed by atoms with van der Waals surface area (Å²) in [6.45, 7) is 2.42. The second kappa shape index (κ2) is 3.96. The first kappa shape index (κ1) is 10.5. The molecule has 0 radical (unpaired) electrons. The van der Waals surface area contributed by atoms with Gasteiger partial charge in [-0.2, -0.15) is 0 Å². The molecule has 0 bridgehead atoms. The summed E-state index contributed by atoms with van der Waals surface area (Å²) in [5.41, 5.74) is 1.09. The summed E-state index contributed by atoms with van der Waals surface area (Å²) in [5.74, 6) is 0.118. The van der Waals surface area contributed by atoms with Gasteiger partial charge in [0, 0.05) is 6.54 Å². The number of carbonyl (C=O) groups is 2. The lowest BCUT2D eigenvalue weighted by Crippen LogP contribution is -2.35. The molecule has 0 aliphatic carbocycles. The minimum absolute atomic E-state index is 0.141. The number of nitrogens with one attached hydrogen (secondary N) is 1. The smallest absolute Gasteiger partial charge is 0.261 e. The number of benzene rings is 1. The third kappa shape index (κ3) is 1.65. The van der Waals surface area contributed by atoms with Crippen LogP contribution in [0, 0.1) is 5.92 Å². The van der Waals surface area contributed by atoms with Crippen LogP contribution in [0.3, 0.4) is 0 Å². The molecule has 1 aromatic carbocycles. The molecule has 4 nitrogen and oxygen atoms in total. The molecule has 2 aliphatic rings. The first-order valence-corrected chi connectivity index (χ1v) is 5.93. The van der Waals surface area contributed by atoms with E-state index in [0.29, 0.717) is 23.6 Å². The van der Waals surface area contributed by atoms with E-state index in [1.807, 2.05) is 0 Å². The summed E-state index contributed by atoms with van der Waals surface area (Å²) in [4.78, 5) is 25.6. The Morgan fingerprint density at radius 3 is 2.35 bits per heavy atom. The summed E-state index contributed by atoms with van der Waals surface area (Å²) in [6, 6.07) is 7.04. The van der Waals surface area contributed by atoms with Crippen molar-refractivity contribution in [2.45, 2.75) is 6.42 Å². The zero-order chi connectivity index (χ0) is 11.8. The van der Waals surface area contributed by atoms with Gasteiger partial charge >= 0.3 is 0 Å². The maximum Gasteiger partial charge on any atom is 0.261 e. The molecule has 1 N–H and O–H groups in total. The fourth-order valence-corrected chi connectivity index (χ4v) is 2.53. The highest BCUT2D eigenvalue weighted by atomic mass is 16.2. The molecule has 88 valence electrons. The van der Waals surface area contributed by atoms with Crippen molar-refractivity contribution in [3.05, 3.63) is 35.4 Å². The highest BCUT2D eigenvalue weighted by Gasteiger charge is 2.36. The SMILES string of the molecule is O=C1c2ccccc2C(=O)N1CC1CCNC1. The van der Waals surface area contributed by atoms with Gasteiger partial charge in [0.05, 0.1) is 11.1 Å². The van der Waals surface area contributed by atoms with Gasteiger partial charge in [0.1, 0.15) is 0 Å². The lowest BCUT2D eigenvalue weighted by molar-refractivity contribution is 0.0633.